The van der Waals surface area contributed by atoms with Crippen LogP contribution in [-0.2, 0) is 7.05 Å². The fourth-order valence-electron chi connectivity index (χ4n) is 2.00. The van der Waals surface area contributed by atoms with E-state index >= 15 is 0 Å². The molecular formula is C13H17N3O. The molecular weight excluding hydrogens is 214 g/mol. The number of aromatic nitrogens is 2. The van der Waals surface area contributed by atoms with Gasteiger partial charge in [0.25, 0.3) is 0 Å². The molecule has 0 saturated carbocycles. The zero-order chi connectivity index (χ0) is 12.4. The van der Waals surface area contributed by atoms with Crippen LogP contribution in [0.4, 0.5) is 0 Å². The van der Waals surface area contributed by atoms with Gasteiger partial charge in [0, 0.05) is 12.6 Å². The van der Waals surface area contributed by atoms with Gasteiger partial charge in [-0.15, -0.1) is 0 Å². The number of rotatable bonds is 3. The maximum Gasteiger partial charge on any atom is 0.124 e. The van der Waals surface area contributed by atoms with Crippen LogP contribution in [-0.4, -0.2) is 16.9 Å². The summed E-state index contributed by atoms with van der Waals surface area (Å²) in [4.78, 5) is 0. The van der Waals surface area contributed by atoms with Crippen molar-refractivity contribution in [1.29, 1.82) is 0 Å². The normalized spacial score (nSPS) is 12.5. The molecule has 1 aromatic carbocycles. The van der Waals surface area contributed by atoms with Crippen LogP contribution < -0.4 is 10.5 Å². The van der Waals surface area contributed by atoms with Gasteiger partial charge in [0.05, 0.1) is 24.5 Å². The topological polar surface area (TPSA) is 53.1 Å². The van der Waals surface area contributed by atoms with Gasteiger partial charge in [-0.3, -0.25) is 4.68 Å². The van der Waals surface area contributed by atoms with Crippen LogP contribution in [0.25, 0.3) is 0 Å². The van der Waals surface area contributed by atoms with E-state index in [1.54, 1.807) is 7.11 Å². The molecule has 0 fully saturated rings. The number of ether oxygens (including phenoxy) is 1. The van der Waals surface area contributed by atoms with Crippen LogP contribution in [0.1, 0.15) is 23.0 Å². The predicted octanol–water partition coefficient (Wildman–Crippen LogP) is 1.79. The van der Waals surface area contributed by atoms with E-state index in [0.717, 1.165) is 22.7 Å². The number of aryl methyl sites for hydroxylation is 2. The third-order valence-electron chi connectivity index (χ3n) is 2.83. The number of methoxy groups -OCH3 is 1. The average molecular weight is 231 g/mol. The summed E-state index contributed by atoms with van der Waals surface area (Å²) in [6.07, 6.45) is 0. The molecule has 2 N–H and O–H groups in total. The van der Waals surface area contributed by atoms with Crippen molar-refractivity contribution in [2.24, 2.45) is 12.8 Å². The lowest BCUT2D eigenvalue weighted by molar-refractivity contribution is 0.407. The summed E-state index contributed by atoms with van der Waals surface area (Å²) >= 11 is 0. The van der Waals surface area contributed by atoms with Gasteiger partial charge in [-0.05, 0) is 19.1 Å². The van der Waals surface area contributed by atoms with Crippen molar-refractivity contribution in [3.8, 4) is 5.75 Å². The van der Waals surface area contributed by atoms with Gasteiger partial charge < -0.3 is 10.5 Å². The molecule has 1 atom stereocenters. The van der Waals surface area contributed by atoms with Crippen LogP contribution in [0.15, 0.2) is 30.3 Å². The first-order valence-electron chi connectivity index (χ1n) is 5.52. The number of hydrogen-bond acceptors (Lipinski definition) is 3. The van der Waals surface area contributed by atoms with Crippen LogP contribution >= 0.6 is 0 Å². The molecule has 1 unspecified atom stereocenters. The molecule has 0 aliphatic carbocycles. The van der Waals surface area contributed by atoms with E-state index in [4.69, 9.17) is 10.5 Å². The Kier molecular flexibility index (Phi) is 3.15. The number of para-hydroxylation sites is 1. The summed E-state index contributed by atoms with van der Waals surface area (Å²) in [6, 6.07) is 9.56. The van der Waals surface area contributed by atoms with Gasteiger partial charge in [0.2, 0.25) is 0 Å². The fraction of sp³-hybridized carbons (Fsp3) is 0.308. The Bertz CT molecular complexity index is 519. The van der Waals surface area contributed by atoms with E-state index in [9.17, 15) is 0 Å². The molecule has 0 aliphatic heterocycles. The molecule has 0 radical (unpaired) electrons. The highest BCUT2D eigenvalue weighted by molar-refractivity contribution is 5.39. The van der Waals surface area contributed by atoms with Crippen molar-refractivity contribution < 1.29 is 4.74 Å². The van der Waals surface area contributed by atoms with Crippen molar-refractivity contribution in [3.05, 3.63) is 47.3 Å². The Morgan fingerprint density at radius 1 is 1.35 bits per heavy atom. The van der Waals surface area contributed by atoms with E-state index in [-0.39, 0.29) is 6.04 Å². The van der Waals surface area contributed by atoms with Crippen LogP contribution in [0.5, 0.6) is 5.75 Å². The number of benzene rings is 1. The second kappa shape index (κ2) is 4.59. The van der Waals surface area contributed by atoms with Gasteiger partial charge in [-0.25, -0.2) is 0 Å². The number of hydrogen-bond donors (Lipinski definition) is 1. The Hall–Kier alpha value is -1.81. The minimum atomic E-state index is -0.225. The monoisotopic (exact) mass is 231 g/mol. The molecule has 4 nitrogen and oxygen atoms in total. The van der Waals surface area contributed by atoms with Gasteiger partial charge in [0.1, 0.15) is 5.75 Å². The third-order valence-corrected chi connectivity index (χ3v) is 2.83. The van der Waals surface area contributed by atoms with E-state index in [2.05, 4.69) is 5.10 Å². The highest BCUT2D eigenvalue weighted by Gasteiger charge is 2.17. The molecule has 4 heteroatoms. The zero-order valence-electron chi connectivity index (χ0n) is 10.3. The minimum absolute atomic E-state index is 0.225. The Balaban J connectivity index is 2.43. The molecule has 0 aliphatic rings. The van der Waals surface area contributed by atoms with Crippen molar-refractivity contribution in [1.82, 2.24) is 9.78 Å². The lowest BCUT2D eigenvalue weighted by Crippen LogP contribution is -2.16. The molecule has 2 aromatic rings. The first-order valence-corrected chi connectivity index (χ1v) is 5.52. The van der Waals surface area contributed by atoms with E-state index in [1.807, 2.05) is 49.0 Å². The summed E-state index contributed by atoms with van der Waals surface area (Å²) in [5, 5.41) is 4.31. The molecule has 1 aromatic heterocycles. The summed E-state index contributed by atoms with van der Waals surface area (Å²) in [5.74, 6) is 0.804. The maximum atomic E-state index is 6.27. The Morgan fingerprint density at radius 3 is 2.65 bits per heavy atom. The molecule has 0 saturated heterocycles. The quantitative estimate of drug-likeness (QED) is 0.876. The predicted molar refractivity (Wildman–Crippen MR) is 67.0 cm³/mol. The first-order chi connectivity index (χ1) is 8.13. The zero-order valence-corrected chi connectivity index (χ0v) is 10.3. The van der Waals surface area contributed by atoms with Crippen molar-refractivity contribution in [2.45, 2.75) is 13.0 Å². The van der Waals surface area contributed by atoms with Gasteiger partial charge in [-0.1, -0.05) is 18.2 Å². The lowest BCUT2D eigenvalue weighted by Gasteiger charge is -2.15. The highest BCUT2D eigenvalue weighted by atomic mass is 16.5. The molecule has 90 valence electrons. The van der Waals surface area contributed by atoms with E-state index in [0.29, 0.717) is 0 Å². The average Bonchev–Trinajstić information content (AvgIpc) is 2.67. The highest BCUT2D eigenvalue weighted by Crippen LogP contribution is 2.27. The summed E-state index contributed by atoms with van der Waals surface area (Å²) in [6.45, 7) is 1.96. The summed E-state index contributed by atoms with van der Waals surface area (Å²) < 4.78 is 7.14. The van der Waals surface area contributed by atoms with Crippen molar-refractivity contribution >= 4 is 0 Å². The van der Waals surface area contributed by atoms with Gasteiger partial charge >= 0.3 is 0 Å². The van der Waals surface area contributed by atoms with Gasteiger partial charge in [-0.2, -0.15) is 5.10 Å². The molecule has 1 heterocycles. The van der Waals surface area contributed by atoms with Crippen LogP contribution in [0, 0.1) is 6.92 Å². The minimum Gasteiger partial charge on any atom is -0.496 e. The summed E-state index contributed by atoms with van der Waals surface area (Å²) in [7, 11) is 3.55. The smallest absolute Gasteiger partial charge is 0.124 e. The molecule has 2 rings (SSSR count). The summed E-state index contributed by atoms with van der Waals surface area (Å²) in [5.41, 5.74) is 9.18. The van der Waals surface area contributed by atoms with Crippen LogP contribution in [0.2, 0.25) is 0 Å². The molecule has 0 spiro atoms. The lowest BCUT2D eigenvalue weighted by atomic mass is 10.0. The second-order valence-electron chi connectivity index (χ2n) is 4.05. The molecule has 0 bridgehead atoms. The van der Waals surface area contributed by atoms with E-state index < -0.39 is 0 Å². The Morgan fingerprint density at radius 2 is 2.06 bits per heavy atom. The maximum absolute atomic E-state index is 6.27. The standard InChI is InChI=1S/C13H17N3O/c1-9-8-11(16(2)15-9)13(14)10-6-4-5-7-12(10)17-3/h4-8,13H,14H2,1-3H3. The number of nitrogens with two attached hydrogens (primary N) is 1. The second-order valence-corrected chi connectivity index (χ2v) is 4.05. The third kappa shape index (κ3) is 2.17. The van der Waals surface area contributed by atoms with Crippen molar-refractivity contribution in [3.63, 3.8) is 0 Å². The number of nitrogens with zero attached hydrogens (tertiary/aromatic N) is 2. The molecule has 17 heavy (non-hydrogen) atoms. The van der Waals surface area contributed by atoms with Crippen molar-refractivity contribution in [2.75, 3.05) is 7.11 Å². The largest absolute Gasteiger partial charge is 0.496 e. The van der Waals surface area contributed by atoms with Gasteiger partial charge in [0.15, 0.2) is 0 Å². The Labute approximate surface area is 101 Å². The first kappa shape index (κ1) is 11.7. The molecule has 0 amide bonds. The van der Waals surface area contributed by atoms with Crippen LogP contribution in [0.3, 0.4) is 0 Å². The van der Waals surface area contributed by atoms with E-state index in [1.165, 1.54) is 0 Å². The fourth-order valence-corrected chi connectivity index (χ4v) is 2.00. The SMILES string of the molecule is COc1ccccc1C(N)c1cc(C)nn1C.